The van der Waals surface area contributed by atoms with E-state index < -0.39 is 10.2 Å². The van der Waals surface area contributed by atoms with Crippen LogP contribution >= 0.6 is 11.3 Å². The molecule has 0 radical (unpaired) electrons. The van der Waals surface area contributed by atoms with Crippen LogP contribution in [0.15, 0.2) is 17.5 Å². The summed E-state index contributed by atoms with van der Waals surface area (Å²) >= 11 is 1.58. The molecule has 0 saturated heterocycles. The van der Waals surface area contributed by atoms with Gasteiger partial charge in [0.15, 0.2) is 0 Å². The average Bonchev–Trinajstić information content (AvgIpc) is 2.81. The molecule has 0 aliphatic heterocycles. The van der Waals surface area contributed by atoms with Crippen LogP contribution in [0, 0.1) is 0 Å². The Morgan fingerprint density at radius 1 is 1.35 bits per heavy atom. The predicted molar refractivity (Wildman–Crippen MR) is 72.3 cm³/mol. The second-order valence-electron chi connectivity index (χ2n) is 3.80. The zero-order chi connectivity index (χ0) is 13.1. The molecule has 0 fully saturated rings. The molecule has 0 unspecified atom stereocenters. The maximum atomic E-state index is 12.3. The van der Waals surface area contributed by atoms with Crippen LogP contribution in [0.2, 0.25) is 0 Å². The Morgan fingerprint density at radius 2 is 1.94 bits per heavy atom. The van der Waals surface area contributed by atoms with Crippen molar-refractivity contribution in [3.8, 4) is 0 Å². The topological polar surface area (TPSA) is 40.6 Å². The molecule has 1 atom stereocenters. The molecule has 1 rings (SSSR count). The van der Waals surface area contributed by atoms with Gasteiger partial charge in [-0.25, -0.2) is 0 Å². The first-order valence-electron chi connectivity index (χ1n) is 5.71. The summed E-state index contributed by atoms with van der Waals surface area (Å²) in [7, 11) is -1.72. The molecule has 1 heterocycles. The molecule has 0 aromatic carbocycles. The van der Waals surface area contributed by atoms with Gasteiger partial charge in [0.25, 0.3) is 10.2 Å². The molecule has 0 bridgehead atoms. The number of hydrogen-bond acceptors (Lipinski definition) is 3. The van der Waals surface area contributed by atoms with E-state index >= 15 is 0 Å². The van der Waals surface area contributed by atoms with Crippen LogP contribution in [0.5, 0.6) is 0 Å². The van der Waals surface area contributed by atoms with E-state index in [1.807, 2.05) is 38.3 Å². The van der Waals surface area contributed by atoms with Crippen LogP contribution in [-0.4, -0.2) is 37.2 Å². The minimum Gasteiger partial charge on any atom is -0.195 e. The lowest BCUT2D eigenvalue weighted by Crippen LogP contribution is -2.42. The first-order valence-corrected chi connectivity index (χ1v) is 7.99. The molecule has 0 aliphatic rings. The molecule has 0 spiro atoms. The van der Waals surface area contributed by atoms with Crippen molar-refractivity contribution in [2.75, 3.05) is 20.1 Å². The average molecular weight is 276 g/mol. The van der Waals surface area contributed by atoms with E-state index in [2.05, 4.69) is 0 Å². The Hall–Kier alpha value is -0.430. The fraction of sp³-hybridized carbons (Fsp3) is 0.636. The minimum absolute atomic E-state index is 0.124. The molecule has 1 aromatic heterocycles. The summed E-state index contributed by atoms with van der Waals surface area (Å²) in [5, 5.41) is 1.96. The zero-order valence-electron chi connectivity index (χ0n) is 10.8. The van der Waals surface area contributed by atoms with Crippen molar-refractivity contribution in [1.29, 1.82) is 0 Å². The second-order valence-corrected chi connectivity index (χ2v) is 6.77. The van der Waals surface area contributed by atoms with Crippen molar-refractivity contribution in [1.82, 2.24) is 8.61 Å². The van der Waals surface area contributed by atoms with Gasteiger partial charge in [0.05, 0.1) is 6.04 Å². The molecular weight excluding hydrogens is 256 g/mol. The highest BCUT2D eigenvalue weighted by molar-refractivity contribution is 7.86. The van der Waals surface area contributed by atoms with Gasteiger partial charge in [0.1, 0.15) is 0 Å². The smallest absolute Gasteiger partial charge is 0.195 e. The molecule has 4 nitrogen and oxygen atoms in total. The van der Waals surface area contributed by atoms with Crippen molar-refractivity contribution in [2.24, 2.45) is 0 Å². The maximum absolute atomic E-state index is 12.3. The number of rotatable bonds is 6. The summed E-state index contributed by atoms with van der Waals surface area (Å²) in [5.41, 5.74) is 0. The molecule has 0 aliphatic carbocycles. The molecule has 0 amide bonds. The van der Waals surface area contributed by atoms with Crippen LogP contribution in [0.4, 0.5) is 0 Å². The Morgan fingerprint density at radius 3 is 2.35 bits per heavy atom. The van der Waals surface area contributed by atoms with Gasteiger partial charge in [-0.1, -0.05) is 19.9 Å². The molecule has 17 heavy (non-hydrogen) atoms. The van der Waals surface area contributed by atoms with E-state index in [0.717, 1.165) is 4.88 Å². The van der Waals surface area contributed by atoms with E-state index in [9.17, 15) is 8.42 Å². The lowest BCUT2D eigenvalue weighted by atomic mass is 10.3. The SMILES string of the molecule is CCN(CC)S(=O)(=O)N(C)[C@H](C)c1cccs1. The summed E-state index contributed by atoms with van der Waals surface area (Å²) in [5.74, 6) is 0. The van der Waals surface area contributed by atoms with E-state index in [-0.39, 0.29) is 6.04 Å². The van der Waals surface area contributed by atoms with E-state index in [1.54, 1.807) is 18.4 Å². The summed E-state index contributed by atoms with van der Waals surface area (Å²) in [4.78, 5) is 1.06. The normalized spacial score (nSPS) is 14.5. The lowest BCUT2D eigenvalue weighted by molar-refractivity contribution is 0.342. The van der Waals surface area contributed by atoms with Gasteiger partial charge in [0, 0.05) is 25.0 Å². The van der Waals surface area contributed by atoms with Gasteiger partial charge >= 0.3 is 0 Å². The number of hydrogen-bond donors (Lipinski definition) is 0. The molecular formula is C11H20N2O2S2. The Labute approximate surface area is 108 Å². The van der Waals surface area contributed by atoms with Crippen LogP contribution in [-0.2, 0) is 10.2 Å². The first-order chi connectivity index (χ1) is 7.95. The fourth-order valence-electron chi connectivity index (χ4n) is 1.64. The number of nitrogens with zero attached hydrogens (tertiary/aromatic N) is 2. The van der Waals surface area contributed by atoms with Gasteiger partial charge in [-0.05, 0) is 18.4 Å². The fourth-order valence-corrected chi connectivity index (χ4v) is 4.06. The summed E-state index contributed by atoms with van der Waals surface area (Å²) in [6.07, 6.45) is 0. The van der Waals surface area contributed by atoms with Crippen molar-refractivity contribution in [2.45, 2.75) is 26.8 Å². The van der Waals surface area contributed by atoms with Gasteiger partial charge < -0.3 is 0 Å². The maximum Gasteiger partial charge on any atom is 0.282 e. The highest BCUT2D eigenvalue weighted by atomic mass is 32.2. The zero-order valence-corrected chi connectivity index (χ0v) is 12.4. The molecule has 0 N–H and O–H groups in total. The third kappa shape index (κ3) is 3.07. The largest absolute Gasteiger partial charge is 0.282 e. The molecule has 98 valence electrons. The van der Waals surface area contributed by atoms with Crippen LogP contribution in [0.1, 0.15) is 31.7 Å². The molecule has 6 heteroatoms. The number of thiophene rings is 1. The van der Waals surface area contributed by atoms with Crippen LogP contribution in [0.25, 0.3) is 0 Å². The summed E-state index contributed by atoms with van der Waals surface area (Å²) in [6.45, 7) is 6.61. The third-order valence-corrected chi connectivity index (χ3v) is 6.15. The Balaban J connectivity index is 2.92. The monoisotopic (exact) mass is 276 g/mol. The minimum atomic E-state index is -3.35. The first kappa shape index (κ1) is 14.6. The second kappa shape index (κ2) is 5.95. The summed E-state index contributed by atoms with van der Waals surface area (Å²) < 4.78 is 27.5. The Kier molecular flexibility index (Phi) is 5.12. The van der Waals surface area contributed by atoms with Crippen molar-refractivity contribution >= 4 is 21.5 Å². The van der Waals surface area contributed by atoms with Crippen molar-refractivity contribution in [3.63, 3.8) is 0 Å². The Bertz CT molecular complexity index is 424. The van der Waals surface area contributed by atoms with E-state index in [1.165, 1.54) is 8.61 Å². The quantitative estimate of drug-likeness (QED) is 0.800. The predicted octanol–water partition coefficient (Wildman–Crippen LogP) is 2.33. The van der Waals surface area contributed by atoms with E-state index in [4.69, 9.17) is 0 Å². The third-order valence-electron chi connectivity index (χ3n) is 2.90. The van der Waals surface area contributed by atoms with Gasteiger partial charge in [-0.15, -0.1) is 11.3 Å². The van der Waals surface area contributed by atoms with Crippen LogP contribution in [0.3, 0.4) is 0 Å². The van der Waals surface area contributed by atoms with Crippen molar-refractivity contribution in [3.05, 3.63) is 22.4 Å². The van der Waals surface area contributed by atoms with Gasteiger partial charge in [0.2, 0.25) is 0 Å². The standard InChI is InChI=1S/C11H20N2O2S2/c1-5-13(6-2)17(14,15)12(4)10(3)11-8-7-9-16-11/h7-10H,5-6H2,1-4H3/t10-/m1/s1. The highest BCUT2D eigenvalue weighted by Crippen LogP contribution is 2.26. The molecule has 0 saturated carbocycles. The van der Waals surface area contributed by atoms with Gasteiger partial charge in [-0.3, -0.25) is 0 Å². The molecule has 1 aromatic rings. The van der Waals surface area contributed by atoms with Crippen LogP contribution < -0.4 is 0 Å². The lowest BCUT2D eigenvalue weighted by Gasteiger charge is -2.29. The summed E-state index contributed by atoms with van der Waals surface area (Å²) in [6, 6.07) is 3.78. The highest BCUT2D eigenvalue weighted by Gasteiger charge is 2.29. The van der Waals surface area contributed by atoms with Crippen molar-refractivity contribution < 1.29 is 8.42 Å². The van der Waals surface area contributed by atoms with E-state index in [0.29, 0.717) is 13.1 Å². The van der Waals surface area contributed by atoms with Gasteiger partial charge in [-0.2, -0.15) is 17.0 Å².